The van der Waals surface area contributed by atoms with Gasteiger partial charge in [0, 0.05) is 11.1 Å². The molecule has 19 heavy (non-hydrogen) atoms. The monoisotopic (exact) mass is 262 g/mol. The third-order valence-electron chi connectivity index (χ3n) is 3.58. The first-order valence-corrected chi connectivity index (χ1v) is 6.04. The van der Waals surface area contributed by atoms with Crippen molar-refractivity contribution in [3.05, 3.63) is 47.5 Å². The normalized spacial score (nSPS) is 36.4. The van der Waals surface area contributed by atoms with Gasteiger partial charge in [0.2, 0.25) is 0 Å². The molecule has 1 aromatic rings. The Morgan fingerprint density at radius 1 is 1.26 bits per heavy atom. The highest BCUT2D eigenvalue weighted by Gasteiger charge is 2.51. The topological polar surface area (TPSA) is 65.0 Å². The van der Waals surface area contributed by atoms with E-state index in [1.807, 2.05) is 12.1 Å². The van der Waals surface area contributed by atoms with Crippen LogP contribution in [0.4, 0.5) is 0 Å². The average molecular weight is 262 g/mol. The molecule has 1 aliphatic heterocycles. The second-order valence-corrected chi connectivity index (χ2v) is 4.93. The first-order valence-electron chi connectivity index (χ1n) is 6.04. The average Bonchev–Trinajstić information content (AvgIpc) is 2.71. The molecular weight excluding hydrogens is 248 g/mol. The van der Waals surface area contributed by atoms with Crippen LogP contribution in [-0.4, -0.2) is 17.3 Å². The number of rotatable bonds is 1. The molecular formula is C14H14O5. The molecule has 1 heterocycles. The lowest BCUT2D eigenvalue weighted by Gasteiger charge is -2.36. The number of carbonyl (C=O) groups excluding carboxylic acids is 1. The van der Waals surface area contributed by atoms with Gasteiger partial charge in [0.25, 0.3) is 5.79 Å². The van der Waals surface area contributed by atoms with Crippen molar-refractivity contribution in [2.75, 3.05) is 0 Å². The second kappa shape index (κ2) is 3.90. The smallest absolute Gasteiger partial charge is 0.338 e. The number of fused-ring (bicyclic) bond motifs is 2. The highest BCUT2D eigenvalue weighted by molar-refractivity contribution is 5.77. The maximum atomic E-state index is 11.6. The maximum absolute atomic E-state index is 11.6. The van der Waals surface area contributed by atoms with Gasteiger partial charge in [0.1, 0.15) is 5.60 Å². The molecule has 2 aliphatic rings. The summed E-state index contributed by atoms with van der Waals surface area (Å²) in [4.78, 5) is 16.2. The fourth-order valence-electron chi connectivity index (χ4n) is 2.51. The van der Waals surface area contributed by atoms with E-state index in [0.29, 0.717) is 11.1 Å². The van der Waals surface area contributed by atoms with Crippen LogP contribution in [0.5, 0.6) is 0 Å². The fourth-order valence-corrected chi connectivity index (χ4v) is 2.51. The Hall–Kier alpha value is -1.69. The molecule has 5 heteroatoms. The Labute approximate surface area is 110 Å². The van der Waals surface area contributed by atoms with E-state index < -0.39 is 23.5 Å². The molecule has 1 aliphatic carbocycles. The van der Waals surface area contributed by atoms with Crippen molar-refractivity contribution >= 4 is 5.97 Å². The van der Waals surface area contributed by atoms with Gasteiger partial charge in [0.15, 0.2) is 6.10 Å². The summed E-state index contributed by atoms with van der Waals surface area (Å²) in [7, 11) is 0. The Morgan fingerprint density at radius 2 is 1.95 bits per heavy atom. The molecule has 100 valence electrons. The lowest BCUT2D eigenvalue weighted by Crippen LogP contribution is -2.37. The zero-order valence-corrected chi connectivity index (χ0v) is 10.6. The fraction of sp³-hybridized carbons (Fsp3) is 0.357. The van der Waals surface area contributed by atoms with E-state index in [1.165, 1.54) is 0 Å². The summed E-state index contributed by atoms with van der Waals surface area (Å²) in [5.41, 5.74) is 0.373. The number of benzene rings is 1. The van der Waals surface area contributed by atoms with E-state index in [-0.39, 0.29) is 0 Å². The van der Waals surface area contributed by atoms with Gasteiger partial charge in [-0.15, -0.1) is 0 Å². The van der Waals surface area contributed by atoms with Gasteiger partial charge in [-0.3, -0.25) is 5.26 Å². The van der Waals surface area contributed by atoms with E-state index in [2.05, 4.69) is 4.89 Å². The molecule has 0 aromatic heterocycles. The summed E-state index contributed by atoms with van der Waals surface area (Å²) in [5.74, 6) is -1.63. The van der Waals surface area contributed by atoms with Gasteiger partial charge in [-0.2, -0.15) is 0 Å². The standard InChI is InChI=1S/C14H14O5/c1-9-12(15)18-14(17-9)8-7-13(2,19-16)10-5-3-4-6-11(10)14/h3-9,16H,1-2H3/t9-,13+,14-/m1/s1. The van der Waals surface area contributed by atoms with Gasteiger partial charge in [0.05, 0.1) is 0 Å². The molecule has 1 spiro atoms. The van der Waals surface area contributed by atoms with Gasteiger partial charge >= 0.3 is 5.97 Å². The third kappa shape index (κ3) is 1.63. The van der Waals surface area contributed by atoms with Gasteiger partial charge in [-0.25, -0.2) is 9.68 Å². The molecule has 3 rings (SSSR count). The minimum atomic E-state index is -1.22. The summed E-state index contributed by atoms with van der Waals surface area (Å²) in [5, 5.41) is 9.13. The van der Waals surface area contributed by atoms with E-state index in [1.54, 1.807) is 38.1 Å². The van der Waals surface area contributed by atoms with Crippen LogP contribution >= 0.6 is 0 Å². The molecule has 0 amide bonds. The molecule has 0 bridgehead atoms. The van der Waals surface area contributed by atoms with Crippen LogP contribution in [0.25, 0.3) is 0 Å². The van der Waals surface area contributed by atoms with Crippen molar-refractivity contribution < 1.29 is 24.4 Å². The van der Waals surface area contributed by atoms with Crippen molar-refractivity contribution in [3.63, 3.8) is 0 Å². The first-order chi connectivity index (χ1) is 9.01. The molecule has 1 saturated heterocycles. The highest BCUT2D eigenvalue weighted by atomic mass is 17.1. The van der Waals surface area contributed by atoms with Crippen LogP contribution < -0.4 is 0 Å². The van der Waals surface area contributed by atoms with Gasteiger partial charge in [-0.05, 0) is 26.0 Å². The molecule has 1 fully saturated rings. The zero-order chi connectivity index (χ0) is 13.7. The Bertz CT molecular complexity index is 567. The largest absolute Gasteiger partial charge is 0.423 e. The molecule has 0 saturated carbocycles. The number of esters is 1. The Kier molecular flexibility index (Phi) is 2.53. The maximum Gasteiger partial charge on any atom is 0.338 e. The molecule has 1 aromatic carbocycles. The minimum absolute atomic E-state index is 0.409. The summed E-state index contributed by atoms with van der Waals surface area (Å²) in [6.45, 7) is 3.36. The number of hydrogen-bond donors (Lipinski definition) is 1. The minimum Gasteiger partial charge on any atom is -0.423 e. The van der Waals surface area contributed by atoms with Crippen LogP contribution in [0.15, 0.2) is 36.4 Å². The number of carbonyl (C=O) groups is 1. The molecule has 1 N–H and O–H groups in total. The number of hydrogen-bond acceptors (Lipinski definition) is 5. The van der Waals surface area contributed by atoms with E-state index in [4.69, 9.17) is 14.7 Å². The summed E-state index contributed by atoms with van der Waals surface area (Å²) < 4.78 is 11.1. The van der Waals surface area contributed by atoms with E-state index in [0.717, 1.165) is 0 Å². The molecule has 0 radical (unpaired) electrons. The Morgan fingerprint density at radius 3 is 2.53 bits per heavy atom. The van der Waals surface area contributed by atoms with Gasteiger partial charge in [-0.1, -0.05) is 24.3 Å². The third-order valence-corrected chi connectivity index (χ3v) is 3.58. The van der Waals surface area contributed by atoms with Crippen LogP contribution in [0.1, 0.15) is 25.0 Å². The predicted octanol–water partition coefficient (Wildman–Crippen LogP) is 2.08. The van der Waals surface area contributed by atoms with Crippen molar-refractivity contribution in [3.8, 4) is 0 Å². The lowest BCUT2D eigenvalue weighted by molar-refractivity contribution is -0.310. The predicted molar refractivity (Wildman–Crippen MR) is 65.0 cm³/mol. The van der Waals surface area contributed by atoms with Crippen molar-refractivity contribution in [2.24, 2.45) is 0 Å². The number of ether oxygens (including phenoxy) is 2. The van der Waals surface area contributed by atoms with Crippen LogP contribution in [-0.2, 0) is 30.5 Å². The van der Waals surface area contributed by atoms with Crippen LogP contribution in [0.3, 0.4) is 0 Å². The molecule has 3 atom stereocenters. The molecule has 0 unspecified atom stereocenters. The van der Waals surface area contributed by atoms with Crippen molar-refractivity contribution in [1.82, 2.24) is 0 Å². The molecule has 5 nitrogen and oxygen atoms in total. The SMILES string of the molecule is C[C@H]1O[C@]2(C=C[C@](C)(OO)c3ccccc32)OC1=O. The zero-order valence-electron chi connectivity index (χ0n) is 10.6. The quantitative estimate of drug-likeness (QED) is 0.363. The summed E-state index contributed by atoms with van der Waals surface area (Å²) in [6, 6.07) is 7.24. The van der Waals surface area contributed by atoms with Crippen LogP contribution in [0, 0.1) is 0 Å². The van der Waals surface area contributed by atoms with E-state index in [9.17, 15) is 4.79 Å². The highest BCUT2D eigenvalue weighted by Crippen LogP contribution is 2.46. The van der Waals surface area contributed by atoms with Crippen LogP contribution in [0.2, 0.25) is 0 Å². The van der Waals surface area contributed by atoms with Crippen molar-refractivity contribution in [2.45, 2.75) is 31.3 Å². The second-order valence-electron chi connectivity index (χ2n) is 4.93. The summed E-state index contributed by atoms with van der Waals surface area (Å²) >= 11 is 0. The Balaban J connectivity index is 2.17. The van der Waals surface area contributed by atoms with Crippen molar-refractivity contribution in [1.29, 1.82) is 0 Å². The van der Waals surface area contributed by atoms with Gasteiger partial charge < -0.3 is 9.47 Å². The van der Waals surface area contributed by atoms with E-state index >= 15 is 0 Å². The lowest BCUT2D eigenvalue weighted by atomic mass is 9.82. The first kappa shape index (κ1) is 12.3. The summed E-state index contributed by atoms with van der Waals surface area (Å²) in [6.07, 6.45) is 2.60.